The van der Waals surface area contributed by atoms with E-state index in [1.807, 2.05) is 0 Å². The molecule has 0 bridgehead atoms. The Morgan fingerprint density at radius 2 is 2.07 bits per heavy atom. The second-order valence-electron chi connectivity index (χ2n) is 6.85. The predicted molar refractivity (Wildman–Crippen MR) is 106 cm³/mol. The highest BCUT2D eigenvalue weighted by molar-refractivity contribution is 7.15. The molecule has 1 unspecified atom stereocenters. The largest absolute Gasteiger partial charge is 0.364 e. The van der Waals surface area contributed by atoms with Gasteiger partial charge in [0, 0.05) is 12.1 Å². The van der Waals surface area contributed by atoms with Crippen LogP contribution in [0.25, 0.3) is 10.6 Å². The number of aryl methyl sites for hydroxylation is 1. The smallest absolute Gasteiger partial charge is 0.249 e. The summed E-state index contributed by atoms with van der Waals surface area (Å²) in [6.07, 6.45) is 3.93. The first-order valence-electron chi connectivity index (χ1n) is 9.05. The van der Waals surface area contributed by atoms with Gasteiger partial charge < -0.3 is 15.8 Å². The van der Waals surface area contributed by atoms with E-state index in [2.05, 4.69) is 5.32 Å². The molecule has 3 N–H and O–H groups in total. The molecule has 0 spiro atoms. The lowest BCUT2D eigenvalue weighted by molar-refractivity contribution is -0.132. The van der Waals surface area contributed by atoms with Crippen molar-refractivity contribution >= 4 is 29.7 Å². The van der Waals surface area contributed by atoms with E-state index in [1.165, 1.54) is 12.1 Å². The van der Waals surface area contributed by atoms with Crippen LogP contribution < -0.4 is 11.1 Å². The van der Waals surface area contributed by atoms with Gasteiger partial charge in [-0.2, -0.15) is 0 Å². The molecule has 3 atom stereocenters. The van der Waals surface area contributed by atoms with Crippen LogP contribution in [0.5, 0.6) is 0 Å². The SMILES string of the molecule is Cl.NC[C@H]1CC[C@@H](C(=O)NC2CCCc3nc(-c4ccc(F)cc4)sc32)O1. The van der Waals surface area contributed by atoms with Gasteiger partial charge in [0.15, 0.2) is 0 Å². The number of hydrogen-bond donors (Lipinski definition) is 2. The summed E-state index contributed by atoms with van der Waals surface area (Å²) in [7, 11) is 0. The molecule has 0 saturated carbocycles. The van der Waals surface area contributed by atoms with Crippen LogP contribution in [-0.2, 0) is 16.0 Å². The van der Waals surface area contributed by atoms with E-state index in [0.29, 0.717) is 6.54 Å². The zero-order valence-corrected chi connectivity index (χ0v) is 16.5. The second kappa shape index (κ2) is 8.65. The number of nitrogens with zero attached hydrogens (tertiary/aromatic N) is 1. The summed E-state index contributed by atoms with van der Waals surface area (Å²) in [6.45, 7) is 0.452. The van der Waals surface area contributed by atoms with E-state index in [4.69, 9.17) is 15.5 Å². The maximum Gasteiger partial charge on any atom is 0.249 e. The molecule has 4 rings (SSSR count). The number of thiazole rings is 1. The van der Waals surface area contributed by atoms with Crippen LogP contribution in [0.3, 0.4) is 0 Å². The third-order valence-electron chi connectivity index (χ3n) is 5.02. The second-order valence-corrected chi connectivity index (χ2v) is 7.88. The molecular weight excluding hydrogens is 389 g/mol. The van der Waals surface area contributed by atoms with Crippen molar-refractivity contribution in [2.24, 2.45) is 5.73 Å². The van der Waals surface area contributed by atoms with E-state index < -0.39 is 6.10 Å². The summed E-state index contributed by atoms with van der Waals surface area (Å²) < 4.78 is 18.9. The maximum atomic E-state index is 13.2. The Kier molecular flexibility index (Phi) is 6.47. The molecule has 1 aliphatic carbocycles. The van der Waals surface area contributed by atoms with Crippen LogP contribution in [-0.4, -0.2) is 29.6 Å². The highest BCUT2D eigenvalue weighted by Crippen LogP contribution is 2.38. The maximum absolute atomic E-state index is 13.2. The van der Waals surface area contributed by atoms with Gasteiger partial charge in [0.1, 0.15) is 16.9 Å². The number of hydrogen-bond acceptors (Lipinski definition) is 5. The molecule has 5 nitrogen and oxygen atoms in total. The fraction of sp³-hybridized carbons (Fsp3) is 0.474. The molecule has 8 heteroatoms. The normalized spacial score (nSPS) is 24.1. The van der Waals surface area contributed by atoms with Crippen molar-refractivity contribution in [1.29, 1.82) is 0 Å². The molecule has 1 aromatic heterocycles. The van der Waals surface area contributed by atoms with Gasteiger partial charge in [-0.05, 0) is 56.4 Å². The Labute approximate surface area is 167 Å². The molecule has 27 heavy (non-hydrogen) atoms. The molecular formula is C19H23ClFN3O2S. The standard InChI is InChI=1S/C19H22FN3O2S.ClH/c20-12-6-4-11(5-7-12)19-23-15-3-1-2-14(17(15)26-19)22-18(24)16-9-8-13(10-21)25-16;/h4-7,13-14,16H,1-3,8-10,21H2,(H,22,24);1H/t13-,14?,16+;/m1./s1. The average Bonchev–Trinajstić information content (AvgIpc) is 3.30. The number of halogens is 2. The van der Waals surface area contributed by atoms with Gasteiger partial charge in [-0.3, -0.25) is 4.79 Å². The Morgan fingerprint density at radius 1 is 1.30 bits per heavy atom. The molecule has 2 aromatic rings. The lowest BCUT2D eigenvalue weighted by atomic mass is 9.97. The Morgan fingerprint density at radius 3 is 2.78 bits per heavy atom. The van der Waals surface area contributed by atoms with Crippen molar-refractivity contribution in [3.63, 3.8) is 0 Å². The van der Waals surface area contributed by atoms with Crippen molar-refractivity contribution in [3.05, 3.63) is 40.7 Å². The number of fused-ring (bicyclic) bond motifs is 1. The number of aromatic nitrogens is 1. The molecule has 146 valence electrons. The molecule has 0 radical (unpaired) electrons. The highest BCUT2D eigenvalue weighted by atomic mass is 35.5. The van der Waals surface area contributed by atoms with E-state index in [-0.39, 0.29) is 36.3 Å². The Hall–Kier alpha value is -1.54. The fourth-order valence-corrected chi connectivity index (χ4v) is 4.81. The lowest BCUT2D eigenvalue weighted by Gasteiger charge is -2.24. The monoisotopic (exact) mass is 411 g/mol. The van der Waals surface area contributed by atoms with Gasteiger partial charge in [-0.25, -0.2) is 9.37 Å². The van der Waals surface area contributed by atoms with Crippen molar-refractivity contribution < 1.29 is 13.9 Å². The van der Waals surface area contributed by atoms with Crippen LogP contribution in [0.1, 0.15) is 42.3 Å². The van der Waals surface area contributed by atoms with Gasteiger partial charge >= 0.3 is 0 Å². The van der Waals surface area contributed by atoms with Gasteiger partial charge in [0.2, 0.25) is 5.91 Å². The summed E-state index contributed by atoms with van der Waals surface area (Å²) in [5, 5.41) is 4.01. The molecule has 1 saturated heterocycles. The quantitative estimate of drug-likeness (QED) is 0.808. The van der Waals surface area contributed by atoms with Crippen LogP contribution in [0.2, 0.25) is 0 Å². The van der Waals surface area contributed by atoms with Gasteiger partial charge in [-0.15, -0.1) is 23.7 Å². The summed E-state index contributed by atoms with van der Waals surface area (Å²) >= 11 is 1.58. The first-order chi connectivity index (χ1) is 12.6. The molecule has 1 amide bonds. The van der Waals surface area contributed by atoms with E-state index in [1.54, 1.807) is 23.5 Å². The summed E-state index contributed by atoms with van der Waals surface area (Å²) in [6, 6.07) is 6.35. The number of nitrogens with two attached hydrogens (primary N) is 1. The van der Waals surface area contributed by atoms with Crippen LogP contribution >= 0.6 is 23.7 Å². The number of carbonyl (C=O) groups is 1. The van der Waals surface area contributed by atoms with Gasteiger partial charge in [0.05, 0.1) is 22.7 Å². The van der Waals surface area contributed by atoms with Crippen molar-refractivity contribution in [3.8, 4) is 10.6 Å². The van der Waals surface area contributed by atoms with Crippen LogP contribution in [0.15, 0.2) is 24.3 Å². The number of nitrogens with one attached hydrogen (secondary N) is 1. The topological polar surface area (TPSA) is 77.2 Å². The minimum absolute atomic E-state index is 0. The fourth-order valence-electron chi connectivity index (χ4n) is 3.61. The molecule has 1 aromatic carbocycles. The van der Waals surface area contributed by atoms with Gasteiger partial charge in [0.25, 0.3) is 0 Å². The minimum atomic E-state index is -0.404. The van der Waals surface area contributed by atoms with E-state index in [9.17, 15) is 9.18 Å². The predicted octanol–water partition coefficient (Wildman–Crippen LogP) is 3.37. The Balaban J connectivity index is 0.00000210. The summed E-state index contributed by atoms with van der Waals surface area (Å²) in [5.74, 6) is -0.317. The minimum Gasteiger partial charge on any atom is -0.364 e. The van der Waals surface area contributed by atoms with Crippen molar-refractivity contribution in [1.82, 2.24) is 10.3 Å². The number of benzene rings is 1. The first kappa shape index (κ1) is 20.2. The third-order valence-corrected chi connectivity index (χ3v) is 6.28. The molecule has 1 fully saturated rings. The molecule has 1 aliphatic heterocycles. The van der Waals surface area contributed by atoms with E-state index in [0.717, 1.165) is 53.2 Å². The van der Waals surface area contributed by atoms with Crippen molar-refractivity contribution in [2.75, 3.05) is 6.54 Å². The number of amides is 1. The lowest BCUT2D eigenvalue weighted by Crippen LogP contribution is -2.38. The summed E-state index contributed by atoms with van der Waals surface area (Å²) in [4.78, 5) is 18.4. The first-order valence-corrected chi connectivity index (χ1v) is 9.87. The molecule has 2 aliphatic rings. The number of rotatable bonds is 4. The van der Waals surface area contributed by atoms with Crippen LogP contribution in [0, 0.1) is 5.82 Å². The van der Waals surface area contributed by atoms with Crippen LogP contribution in [0.4, 0.5) is 4.39 Å². The highest BCUT2D eigenvalue weighted by Gasteiger charge is 2.33. The van der Waals surface area contributed by atoms with E-state index >= 15 is 0 Å². The summed E-state index contributed by atoms with van der Waals surface area (Å²) in [5.41, 5.74) is 7.57. The zero-order valence-electron chi connectivity index (χ0n) is 14.8. The zero-order chi connectivity index (χ0) is 18.1. The number of carbonyl (C=O) groups excluding carboxylic acids is 1. The van der Waals surface area contributed by atoms with Gasteiger partial charge in [-0.1, -0.05) is 0 Å². The Bertz CT molecular complexity index is 799. The third kappa shape index (κ3) is 4.32. The molecule has 2 heterocycles. The average molecular weight is 412 g/mol. The number of ether oxygens (including phenoxy) is 1. The van der Waals surface area contributed by atoms with Crippen molar-refractivity contribution in [2.45, 2.75) is 50.4 Å².